The van der Waals surface area contributed by atoms with Crippen LogP contribution in [0.2, 0.25) is 0 Å². The van der Waals surface area contributed by atoms with Crippen molar-refractivity contribution < 1.29 is 22.4 Å². The van der Waals surface area contributed by atoms with Crippen molar-refractivity contribution in [1.29, 1.82) is 0 Å². The Hall–Kier alpha value is -2.09. The molecule has 2 aromatic rings. The molecule has 1 aliphatic carbocycles. The number of ether oxygens (including phenoxy) is 2. The van der Waals surface area contributed by atoms with Gasteiger partial charge in [0.1, 0.15) is 0 Å². The summed E-state index contributed by atoms with van der Waals surface area (Å²) < 4.78 is 37.0. The number of methoxy groups -OCH3 is 2. The zero-order valence-electron chi connectivity index (χ0n) is 18.0. The van der Waals surface area contributed by atoms with Gasteiger partial charge in [-0.2, -0.15) is 8.42 Å². The normalized spacial score (nSPS) is 22.4. The molecule has 2 aliphatic rings. The summed E-state index contributed by atoms with van der Waals surface area (Å²) in [5.74, 6) is 3.06. The maximum atomic E-state index is 9.19. The van der Waals surface area contributed by atoms with Crippen molar-refractivity contribution in [1.82, 2.24) is 5.32 Å². The van der Waals surface area contributed by atoms with Gasteiger partial charge >= 0.3 is 0 Å². The highest BCUT2D eigenvalue weighted by molar-refractivity contribution is 7.85. The fourth-order valence-electron chi connectivity index (χ4n) is 4.84. The maximum Gasteiger partial charge on any atom is 0.261 e. The Morgan fingerprint density at radius 1 is 1.17 bits per heavy atom. The minimum absolute atomic E-state index is 0.563. The Morgan fingerprint density at radius 3 is 2.53 bits per heavy atom. The summed E-state index contributed by atoms with van der Waals surface area (Å²) in [6.07, 6.45) is 4.12. The summed E-state index contributed by atoms with van der Waals surface area (Å²) in [6.45, 7) is 3.23. The molecule has 7 heteroatoms. The molecule has 1 aliphatic heterocycles. The van der Waals surface area contributed by atoms with E-state index in [1.807, 2.05) is 0 Å². The number of rotatable bonds is 4. The first-order valence-corrected chi connectivity index (χ1v) is 12.0. The van der Waals surface area contributed by atoms with E-state index in [1.54, 1.807) is 14.2 Å². The summed E-state index contributed by atoms with van der Waals surface area (Å²) in [5, 5.41) is 3.80. The van der Waals surface area contributed by atoms with Crippen molar-refractivity contribution in [2.75, 3.05) is 27.0 Å². The van der Waals surface area contributed by atoms with E-state index in [0.717, 1.165) is 30.9 Å². The highest BCUT2D eigenvalue weighted by Crippen LogP contribution is 2.47. The highest BCUT2D eigenvalue weighted by atomic mass is 32.2. The predicted molar refractivity (Wildman–Crippen MR) is 118 cm³/mol. The van der Waals surface area contributed by atoms with Crippen molar-refractivity contribution in [2.45, 2.75) is 38.1 Å². The first kappa shape index (κ1) is 22.6. The van der Waals surface area contributed by atoms with Gasteiger partial charge in [0.05, 0.1) is 20.5 Å². The lowest BCUT2D eigenvalue weighted by Crippen LogP contribution is -2.31. The average Bonchev–Trinajstić information content (AvgIpc) is 3.08. The Balaban J connectivity index is 0.000000461. The molecule has 3 atom stereocenters. The molecule has 0 spiro atoms. The first-order valence-electron chi connectivity index (χ1n) is 10.2. The molecule has 2 aromatic carbocycles. The van der Waals surface area contributed by atoms with Crippen LogP contribution in [0.1, 0.15) is 34.6 Å². The van der Waals surface area contributed by atoms with Gasteiger partial charge in [0, 0.05) is 24.1 Å². The second-order valence-corrected chi connectivity index (χ2v) is 9.58. The zero-order chi connectivity index (χ0) is 21.9. The van der Waals surface area contributed by atoms with Gasteiger partial charge in [-0.3, -0.25) is 4.55 Å². The van der Waals surface area contributed by atoms with Gasteiger partial charge in [0.15, 0.2) is 11.5 Å². The summed E-state index contributed by atoms with van der Waals surface area (Å²) in [7, 11) is -0.206. The van der Waals surface area contributed by atoms with Crippen LogP contribution >= 0.6 is 0 Å². The summed E-state index contributed by atoms with van der Waals surface area (Å²) in [6, 6.07) is 13.8. The minimum atomic E-state index is -3.67. The van der Waals surface area contributed by atoms with E-state index in [0.29, 0.717) is 24.1 Å². The number of aryl methyl sites for hydroxylation is 1. The van der Waals surface area contributed by atoms with E-state index in [-0.39, 0.29) is 0 Å². The topological polar surface area (TPSA) is 84.9 Å². The van der Waals surface area contributed by atoms with E-state index in [4.69, 9.17) is 14.0 Å². The van der Waals surface area contributed by atoms with Gasteiger partial charge in [-0.1, -0.05) is 35.9 Å². The molecule has 6 nitrogen and oxygen atoms in total. The van der Waals surface area contributed by atoms with Crippen molar-refractivity contribution in [3.63, 3.8) is 0 Å². The molecule has 1 fully saturated rings. The molecule has 2 N–H and O–H groups in total. The third-order valence-electron chi connectivity index (χ3n) is 5.98. The lowest BCUT2D eigenvalue weighted by atomic mass is 9.73. The van der Waals surface area contributed by atoms with E-state index >= 15 is 0 Å². The summed E-state index contributed by atoms with van der Waals surface area (Å²) >= 11 is 0. The molecule has 0 radical (unpaired) electrons. The number of benzene rings is 2. The fraction of sp³-hybridized carbons (Fsp3) is 0.478. The average molecular weight is 434 g/mol. The van der Waals surface area contributed by atoms with Gasteiger partial charge < -0.3 is 14.8 Å². The van der Waals surface area contributed by atoms with Gasteiger partial charge in [-0.15, -0.1) is 0 Å². The molecule has 164 valence electrons. The number of nitrogens with one attached hydrogen (secondary N) is 1. The van der Waals surface area contributed by atoms with E-state index in [1.165, 1.54) is 28.7 Å². The molecule has 1 saturated heterocycles. The monoisotopic (exact) mass is 433 g/mol. The van der Waals surface area contributed by atoms with Crippen LogP contribution < -0.4 is 14.8 Å². The summed E-state index contributed by atoms with van der Waals surface area (Å²) in [4.78, 5) is 0. The Labute approximate surface area is 179 Å². The number of fused-ring (bicyclic) bond motifs is 3. The molecule has 0 bridgehead atoms. The third kappa shape index (κ3) is 5.33. The standard InChI is InChI=1S/C22H27NO2.CH4O3S/c1-14-5-4-6-15(11-14)12-20-17-7-8-18-16(19(17)13-23-20)9-10-21(24-2)22(18)25-3;1-5(2,3)4/h4-6,9-11,17,19-20,23H,7-8,12-13H2,1-3H3;1H3,(H,2,3,4). The second kappa shape index (κ2) is 9.37. The molecular formula is C23H31NO5S. The van der Waals surface area contributed by atoms with Crippen LogP contribution in [-0.2, 0) is 23.0 Å². The van der Waals surface area contributed by atoms with Crippen molar-refractivity contribution in [3.8, 4) is 11.5 Å². The summed E-state index contributed by atoms with van der Waals surface area (Å²) in [5.41, 5.74) is 5.59. The molecule has 4 rings (SSSR count). The van der Waals surface area contributed by atoms with Crippen LogP contribution in [0.5, 0.6) is 11.5 Å². The largest absolute Gasteiger partial charge is 0.493 e. The van der Waals surface area contributed by atoms with Gasteiger partial charge in [0.2, 0.25) is 0 Å². The van der Waals surface area contributed by atoms with E-state index < -0.39 is 10.1 Å². The van der Waals surface area contributed by atoms with Crippen molar-refractivity contribution in [2.24, 2.45) is 5.92 Å². The predicted octanol–water partition coefficient (Wildman–Crippen LogP) is 3.38. The molecule has 0 aromatic heterocycles. The van der Waals surface area contributed by atoms with Crippen LogP contribution in [-0.4, -0.2) is 46.0 Å². The van der Waals surface area contributed by atoms with Gasteiger partial charge in [-0.25, -0.2) is 0 Å². The molecule has 30 heavy (non-hydrogen) atoms. The molecule has 0 saturated carbocycles. The van der Waals surface area contributed by atoms with Crippen molar-refractivity contribution >= 4 is 10.1 Å². The zero-order valence-corrected chi connectivity index (χ0v) is 18.8. The lowest BCUT2D eigenvalue weighted by molar-refractivity contribution is 0.335. The van der Waals surface area contributed by atoms with Crippen LogP contribution in [0.4, 0.5) is 0 Å². The SMILES string of the molecule is COc1ccc2c(c1OC)CCC1C(Cc3cccc(C)c3)NCC21.CS(=O)(=O)O. The number of hydrogen-bond donors (Lipinski definition) is 2. The van der Waals surface area contributed by atoms with E-state index in [2.05, 4.69) is 48.6 Å². The molecule has 1 heterocycles. The third-order valence-corrected chi connectivity index (χ3v) is 5.98. The van der Waals surface area contributed by atoms with Gasteiger partial charge in [-0.05, 0) is 49.3 Å². The maximum absolute atomic E-state index is 9.19. The Bertz CT molecular complexity index is 981. The smallest absolute Gasteiger partial charge is 0.261 e. The highest BCUT2D eigenvalue weighted by Gasteiger charge is 2.41. The van der Waals surface area contributed by atoms with Gasteiger partial charge in [0.25, 0.3) is 10.1 Å². The molecular weight excluding hydrogens is 402 g/mol. The van der Waals surface area contributed by atoms with E-state index in [9.17, 15) is 8.42 Å². The molecule has 3 unspecified atom stereocenters. The van der Waals surface area contributed by atoms with Crippen molar-refractivity contribution in [3.05, 3.63) is 58.7 Å². The quantitative estimate of drug-likeness (QED) is 0.719. The minimum Gasteiger partial charge on any atom is -0.493 e. The Kier molecular flexibility index (Phi) is 7.06. The van der Waals surface area contributed by atoms with Crippen LogP contribution in [0.25, 0.3) is 0 Å². The van der Waals surface area contributed by atoms with Crippen LogP contribution in [0.3, 0.4) is 0 Å². The number of hydrogen-bond acceptors (Lipinski definition) is 5. The first-order chi connectivity index (χ1) is 14.2. The van der Waals surface area contributed by atoms with Crippen LogP contribution in [0.15, 0.2) is 36.4 Å². The second-order valence-electron chi connectivity index (χ2n) is 8.12. The van der Waals surface area contributed by atoms with Crippen LogP contribution in [0, 0.1) is 12.8 Å². The fourth-order valence-corrected chi connectivity index (χ4v) is 4.84. The lowest BCUT2D eigenvalue weighted by Gasteiger charge is -2.32. The molecule has 0 amide bonds. The Morgan fingerprint density at radius 2 is 1.90 bits per heavy atom.